The number of aliphatic hydroxyl groups excluding tert-OH is 1. The third-order valence-corrected chi connectivity index (χ3v) is 7.26. The van der Waals surface area contributed by atoms with Crippen molar-refractivity contribution in [3.63, 3.8) is 0 Å². The number of ether oxygens (including phenoxy) is 2. The van der Waals surface area contributed by atoms with Crippen molar-refractivity contribution in [3.05, 3.63) is 0 Å². The minimum Gasteiger partial charge on any atom is -0.462 e. The van der Waals surface area contributed by atoms with E-state index in [-0.39, 0.29) is 25.2 Å². The molecule has 1 atom stereocenters. The van der Waals surface area contributed by atoms with Gasteiger partial charge in [-0.25, -0.2) is 0 Å². The lowest BCUT2D eigenvalue weighted by atomic mass is 10.0. The van der Waals surface area contributed by atoms with Gasteiger partial charge in [0, 0.05) is 12.8 Å². The van der Waals surface area contributed by atoms with Crippen LogP contribution in [0.3, 0.4) is 0 Å². The Balaban J connectivity index is 3.57. The van der Waals surface area contributed by atoms with E-state index in [1.54, 1.807) is 0 Å². The molecule has 0 aromatic rings. The van der Waals surface area contributed by atoms with Crippen LogP contribution in [0.25, 0.3) is 0 Å². The summed E-state index contributed by atoms with van der Waals surface area (Å²) in [5.41, 5.74) is 0. The van der Waals surface area contributed by atoms with Crippen molar-refractivity contribution in [1.29, 1.82) is 0 Å². The Hall–Kier alpha value is -1.10. The van der Waals surface area contributed by atoms with Crippen molar-refractivity contribution in [2.24, 2.45) is 11.8 Å². The Morgan fingerprint density at radius 2 is 0.868 bits per heavy atom. The van der Waals surface area contributed by atoms with Crippen LogP contribution in [-0.2, 0) is 19.1 Å². The minimum atomic E-state index is -0.761. The molecule has 0 unspecified atom stereocenters. The number of rotatable bonds is 28. The monoisotopic (exact) mass is 540 g/mol. The average Bonchev–Trinajstić information content (AvgIpc) is 2.87. The molecular weight excluding hydrogens is 476 g/mol. The predicted molar refractivity (Wildman–Crippen MR) is 159 cm³/mol. The Kier molecular flexibility index (Phi) is 26.7. The highest BCUT2D eigenvalue weighted by molar-refractivity contribution is 5.70. The minimum absolute atomic E-state index is 0.0606. The van der Waals surface area contributed by atoms with Crippen molar-refractivity contribution in [2.75, 3.05) is 13.2 Å². The third-order valence-electron chi connectivity index (χ3n) is 7.26. The molecular formula is C33H64O5. The number of hydrogen-bond donors (Lipinski definition) is 1. The molecule has 1 N–H and O–H groups in total. The van der Waals surface area contributed by atoms with E-state index in [9.17, 15) is 14.7 Å². The smallest absolute Gasteiger partial charge is 0.306 e. The highest BCUT2D eigenvalue weighted by Gasteiger charge is 2.16. The highest BCUT2D eigenvalue weighted by Crippen LogP contribution is 2.15. The second-order valence-corrected chi connectivity index (χ2v) is 12.2. The number of carbonyl (C=O) groups is 2. The van der Waals surface area contributed by atoms with E-state index in [4.69, 9.17) is 9.47 Å². The van der Waals surface area contributed by atoms with E-state index in [0.717, 1.165) is 50.4 Å². The SMILES string of the molecule is CC(C)CCCCCCCCCCCCC(=O)O[C@@H](CO)COC(=O)CCCCCCCCCCC(C)C. The highest BCUT2D eigenvalue weighted by atomic mass is 16.6. The maximum Gasteiger partial charge on any atom is 0.306 e. The normalized spacial score (nSPS) is 12.3. The van der Waals surface area contributed by atoms with Crippen molar-refractivity contribution in [2.45, 2.75) is 175 Å². The summed E-state index contributed by atoms with van der Waals surface area (Å²) in [6.45, 7) is 8.76. The molecule has 5 nitrogen and oxygen atoms in total. The van der Waals surface area contributed by atoms with Crippen LogP contribution in [0.4, 0.5) is 0 Å². The van der Waals surface area contributed by atoms with Crippen molar-refractivity contribution in [3.8, 4) is 0 Å². The van der Waals surface area contributed by atoms with Crippen molar-refractivity contribution in [1.82, 2.24) is 0 Å². The van der Waals surface area contributed by atoms with Crippen LogP contribution in [0.15, 0.2) is 0 Å². The Morgan fingerprint density at radius 1 is 0.526 bits per heavy atom. The zero-order valence-corrected chi connectivity index (χ0v) is 25.8. The number of aliphatic hydroxyl groups is 1. The Morgan fingerprint density at radius 3 is 1.24 bits per heavy atom. The molecule has 0 aromatic carbocycles. The van der Waals surface area contributed by atoms with Crippen molar-refractivity contribution < 1.29 is 24.2 Å². The summed E-state index contributed by atoms with van der Waals surface area (Å²) in [7, 11) is 0. The molecule has 0 aliphatic rings. The number of unbranched alkanes of at least 4 members (excludes halogenated alkanes) is 16. The largest absolute Gasteiger partial charge is 0.462 e. The second kappa shape index (κ2) is 27.5. The Bertz CT molecular complexity index is 531. The zero-order chi connectivity index (χ0) is 28.3. The second-order valence-electron chi connectivity index (χ2n) is 12.2. The van der Waals surface area contributed by atoms with E-state index < -0.39 is 6.10 Å². The molecule has 0 amide bonds. The summed E-state index contributed by atoms with van der Waals surface area (Å²) in [5.74, 6) is 1.05. The molecule has 5 heteroatoms. The van der Waals surface area contributed by atoms with Crippen LogP contribution in [0.5, 0.6) is 0 Å². The predicted octanol–water partition coefficient (Wildman–Crippen LogP) is 9.33. The van der Waals surface area contributed by atoms with Gasteiger partial charge in [-0.15, -0.1) is 0 Å². The lowest BCUT2D eigenvalue weighted by molar-refractivity contribution is -0.161. The lowest BCUT2D eigenvalue weighted by Crippen LogP contribution is -2.28. The molecule has 0 heterocycles. The molecule has 0 radical (unpaired) electrons. The first-order valence-electron chi connectivity index (χ1n) is 16.3. The molecule has 0 spiro atoms. The van der Waals surface area contributed by atoms with E-state index in [1.807, 2.05) is 0 Å². The first kappa shape index (κ1) is 36.9. The summed E-state index contributed by atoms with van der Waals surface area (Å²) >= 11 is 0. The number of esters is 2. The summed E-state index contributed by atoms with van der Waals surface area (Å²) < 4.78 is 10.5. The van der Waals surface area contributed by atoms with Gasteiger partial charge < -0.3 is 14.6 Å². The molecule has 0 saturated carbocycles. The number of carbonyl (C=O) groups excluding carboxylic acids is 2. The Labute approximate surface area is 236 Å². The van der Waals surface area contributed by atoms with Crippen LogP contribution >= 0.6 is 0 Å². The van der Waals surface area contributed by atoms with Gasteiger partial charge in [0.1, 0.15) is 6.61 Å². The fraction of sp³-hybridized carbons (Fsp3) is 0.939. The van der Waals surface area contributed by atoms with Gasteiger partial charge in [-0.3, -0.25) is 9.59 Å². The van der Waals surface area contributed by atoms with Crippen LogP contribution < -0.4 is 0 Å². The topological polar surface area (TPSA) is 72.8 Å². The summed E-state index contributed by atoms with van der Waals surface area (Å²) in [5, 5.41) is 9.48. The zero-order valence-electron chi connectivity index (χ0n) is 25.8. The summed E-state index contributed by atoms with van der Waals surface area (Å²) in [6.07, 6.45) is 24.5. The van der Waals surface area contributed by atoms with Crippen molar-refractivity contribution >= 4 is 11.9 Å². The van der Waals surface area contributed by atoms with Crippen LogP contribution in [0.1, 0.15) is 169 Å². The average molecular weight is 541 g/mol. The molecule has 0 aliphatic heterocycles. The summed E-state index contributed by atoms with van der Waals surface area (Å²) in [6, 6.07) is 0. The molecule has 0 aromatic heterocycles. The fourth-order valence-corrected chi connectivity index (χ4v) is 4.75. The van der Waals surface area contributed by atoms with Gasteiger partial charge in [-0.1, -0.05) is 143 Å². The van der Waals surface area contributed by atoms with Gasteiger partial charge in [-0.05, 0) is 24.7 Å². The molecule has 226 valence electrons. The van der Waals surface area contributed by atoms with Gasteiger partial charge in [0.05, 0.1) is 6.61 Å². The van der Waals surface area contributed by atoms with E-state index in [2.05, 4.69) is 27.7 Å². The molecule has 0 aliphatic carbocycles. The van der Waals surface area contributed by atoms with Crippen LogP contribution in [0, 0.1) is 11.8 Å². The van der Waals surface area contributed by atoms with Gasteiger partial charge in [0.15, 0.2) is 6.10 Å². The first-order valence-corrected chi connectivity index (χ1v) is 16.3. The fourth-order valence-electron chi connectivity index (χ4n) is 4.75. The standard InChI is InChI=1S/C33H64O5/c1-29(2)23-19-15-11-7-5-6-8-14-18-22-26-33(36)38-31(27-34)28-37-32(35)25-21-17-13-10-9-12-16-20-24-30(3)4/h29-31,34H,5-28H2,1-4H3/t31-/m0/s1. The van der Waals surface area contributed by atoms with E-state index >= 15 is 0 Å². The van der Waals surface area contributed by atoms with E-state index in [1.165, 1.54) is 89.9 Å². The maximum absolute atomic E-state index is 12.1. The first-order chi connectivity index (χ1) is 18.3. The molecule has 38 heavy (non-hydrogen) atoms. The summed E-state index contributed by atoms with van der Waals surface area (Å²) in [4.78, 5) is 24.0. The quantitative estimate of drug-likeness (QED) is 0.0790. The molecule has 0 saturated heterocycles. The maximum atomic E-state index is 12.1. The van der Waals surface area contributed by atoms with E-state index in [0.29, 0.717) is 12.8 Å². The van der Waals surface area contributed by atoms with Crippen LogP contribution in [-0.4, -0.2) is 36.4 Å². The van der Waals surface area contributed by atoms with Gasteiger partial charge >= 0.3 is 11.9 Å². The number of hydrogen-bond acceptors (Lipinski definition) is 5. The molecule has 0 bridgehead atoms. The molecule has 0 rings (SSSR count). The van der Waals surface area contributed by atoms with Gasteiger partial charge in [0.2, 0.25) is 0 Å². The molecule has 0 fully saturated rings. The third kappa shape index (κ3) is 27.9. The van der Waals surface area contributed by atoms with Gasteiger partial charge in [-0.2, -0.15) is 0 Å². The van der Waals surface area contributed by atoms with Crippen LogP contribution in [0.2, 0.25) is 0 Å². The lowest BCUT2D eigenvalue weighted by Gasteiger charge is -2.15. The van der Waals surface area contributed by atoms with Gasteiger partial charge in [0.25, 0.3) is 0 Å².